The molecule has 0 fully saturated rings. The molecule has 1 amide bonds. The van der Waals surface area contributed by atoms with Crippen molar-refractivity contribution in [3.8, 4) is 0 Å². The average molecular weight is 423 g/mol. The first-order valence-electron chi connectivity index (χ1n) is 8.85. The monoisotopic (exact) mass is 423 g/mol. The summed E-state index contributed by atoms with van der Waals surface area (Å²) in [5.74, 6) is -0.649. The number of hydrogen-bond donors (Lipinski definition) is 1. The zero-order valence-electron chi connectivity index (χ0n) is 16.0. The summed E-state index contributed by atoms with van der Waals surface area (Å²) >= 11 is 0. The Kier molecular flexibility index (Phi) is 7.27. The third-order valence-corrected chi connectivity index (χ3v) is 5.44. The van der Waals surface area contributed by atoms with Crippen molar-refractivity contribution >= 4 is 27.3 Å². The van der Waals surface area contributed by atoms with Crippen LogP contribution in [0.25, 0.3) is 0 Å². The molecule has 0 saturated heterocycles. The van der Waals surface area contributed by atoms with Crippen LogP contribution in [0.4, 0.5) is 15.8 Å². The van der Waals surface area contributed by atoms with E-state index in [2.05, 4.69) is 5.32 Å². The van der Waals surface area contributed by atoms with E-state index in [-0.39, 0.29) is 48.5 Å². The number of carbonyl (C=O) groups is 1. The second kappa shape index (κ2) is 9.46. The quantitative estimate of drug-likeness (QED) is 0.492. The first kappa shape index (κ1) is 22.3. The molecule has 1 atom stereocenters. The Labute approximate surface area is 168 Å². The minimum absolute atomic E-state index is 0.00164. The molecule has 0 spiro atoms. The van der Waals surface area contributed by atoms with Gasteiger partial charge >= 0.3 is 0 Å². The van der Waals surface area contributed by atoms with E-state index in [9.17, 15) is 27.7 Å². The van der Waals surface area contributed by atoms with Crippen LogP contribution in [0.3, 0.4) is 0 Å². The number of nitro benzene ring substituents is 1. The van der Waals surface area contributed by atoms with Crippen molar-refractivity contribution in [1.82, 2.24) is 5.32 Å². The maximum Gasteiger partial charge on any atom is 0.271 e. The van der Waals surface area contributed by atoms with Gasteiger partial charge in [0.25, 0.3) is 5.69 Å². The summed E-state index contributed by atoms with van der Waals surface area (Å²) in [5, 5.41) is 13.7. The number of hydrogen-bond acceptors (Lipinski definition) is 5. The summed E-state index contributed by atoms with van der Waals surface area (Å²) in [6, 6.07) is 10.8. The molecule has 29 heavy (non-hydrogen) atoms. The number of carbonyl (C=O) groups excluding carboxylic acids is 1. The van der Waals surface area contributed by atoms with Crippen LogP contribution in [0.15, 0.2) is 48.5 Å². The Morgan fingerprint density at radius 3 is 2.48 bits per heavy atom. The number of amides is 1. The number of sulfonamides is 1. The molecule has 8 nitrogen and oxygen atoms in total. The molecule has 2 aromatic rings. The van der Waals surface area contributed by atoms with Crippen LogP contribution in [0.2, 0.25) is 0 Å². The average Bonchev–Trinajstić information content (AvgIpc) is 2.64. The fourth-order valence-electron chi connectivity index (χ4n) is 2.78. The Hall–Kier alpha value is -3.01. The molecule has 0 aliphatic rings. The Bertz CT molecular complexity index is 980. The molecule has 0 heterocycles. The summed E-state index contributed by atoms with van der Waals surface area (Å²) in [6.07, 6.45) is 1.28. The summed E-state index contributed by atoms with van der Waals surface area (Å²) in [6.45, 7) is 1.76. The first-order valence-corrected chi connectivity index (χ1v) is 10.7. The Morgan fingerprint density at radius 1 is 1.24 bits per heavy atom. The highest BCUT2D eigenvalue weighted by molar-refractivity contribution is 7.92. The number of nitrogens with zero attached hydrogens (tertiary/aromatic N) is 2. The van der Waals surface area contributed by atoms with Crippen molar-refractivity contribution in [2.45, 2.75) is 25.8 Å². The van der Waals surface area contributed by atoms with Gasteiger partial charge < -0.3 is 5.32 Å². The Balaban J connectivity index is 1.98. The number of non-ortho nitro benzene ring substituents is 1. The van der Waals surface area contributed by atoms with Crippen molar-refractivity contribution in [1.29, 1.82) is 0 Å². The number of benzene rings is 2. The van der Waals surface area contributed by atoms with Gasteiger partial charge in [-0.1, -0.05) is 18.2 Å². The van der Waals surface area contributed by atoms with Crippen LogP contribution in [0.5, 0.6) is 0 Å². The van der Waals surface area contributed by atoms with E-state index in [4.69, 9.17) is 0 Å². The maximum atomic E-state index is 13.0. The lowest BCUT2D eigenvalue weighted by atomic mass is 10.1. The third kappa shape index (κ3) is 6.53. The second-order valence-electron chi connectivity index (χ2n) is 6.56. The van der Waals surface area contributed by atoms with E-state index >= 15 is 0 Å². The van der Waals surface area contributed by atoms with Crippen LogP contribution in [0, 0.1) is 15.9 Å². The van der Waals surface area contributed by atoms with Crippen molar-refractivity contribution in [3.63, 3.8) is 0 Å². The minimum Gasteiger partial charge on any atom is -0.350 e. The maximum absolute atomic E-state index is 13.0. The predicted octanol–water partition coefficient (Wildman–Crippen LogP) is 3.16. The van der Waals surface area contributed by atoms with Gasteiger partial charge in [-0.15, -0.1) is 0 Å². The topological polar surface area (TPSA) is 110 Å². The molecule has 0 aliphatic heterocycles. The highest BCUT2D eigenvalue weighted by Crippen LogP contribution is 2.23. The zero-order chi connectivity index (χ0) is 21.6. The SMILES string of the molecule is C[C@H](NC(=O)CCCN(c1cccc([N+](=O)[O-])c1)S(C)(=O)=O)c1ccc(F)cc1. The van der Waals surface area contributed by atoms with Crippen molar-refractivity contribution in [3.05, 3.63) is 70.0 Å². The van der Waals surface area contributed by atoms with E-state index in [0.717, 1.165) is 16.1 Å². The summed E-state index contributed by atoms with van der Waals surface area (Å²) in [5.41, 5.74) is 0.693. The number of nitro groups is 1. The highest BCUT2D eigenvalue weighted by Gasteiger charge is 2.20. The molecule has 0 aliphatic carbocycles. The van der Waals surface area contributed by atoms with Gasteiger partial charge in [0, 0.05) is 25.1 Å². The first-order chi connectivity index (χ1) is 13.6. The number of halogens is 1. The largest absolute Gasteiger partial charge is 0.350 e. The van der Waals surface area contributed by atoms with Gasteiger partial charge in [-0.05, 0) is 37.1 Å². The van der Waals surface area contributed by atoms with E-state index in [1.54, 1.807) is 19.1 Å². The molecular weight excluding hydrogens is 401 g/mol. The number of rotatable bonds is 9. The molecule has 10 heteroatoms. The molecule has 0 aromatic heterocycles. The lowest BCUT2D eigenvalue weighted by Gasteiger charge is -2.22. The van der Waals surface area contributed by atoms with Gasteiger partial charge in [-0.25, -0.2) is 12.8 Å². The van der Waals surface area contributed by atoms with Gasteiger partial charge in [0.15, 0.2) is 0 Å². The molecule has 0 bridgehead atoms. The molecule has 0 saturated carbocycles. The van der Waals surface area contributed by atoms with Gasteiger partial charge in [0.05, 0.1) is 22.9 Å². The van der Waals surface area contributed by atoms with Crippen molar-refractivity contribution in [2.24, 2.45) is 0 Å². The highest BCUT2D eigenvalue weighted by atomic mass is 32.2. The fourth-order valence-corrected chi connectivity index (χ4v) is 3.74. The lowest BCUT2D eigenvalue weighted by Crippen LogP contribution is -2.32. The zero-order valence-corrected chi connectivity index (χ0v) is 16.9. The second-order valence-corrected chi connectivity index (χ2v) is 8.46. The van der Waals surface area contributed by atoms with E-state index in [1.165, 1.54) is 36.4 Å². The van der Waals surface area contributed by atoms with Gasteiger partial charge in [0.1, 0.15) is 5.82 Å². The minimum atomic E-state index is -3.68. The third-order valence-electron chi connectivity index (χ3n) is 4.24. The lowest BCUT2D eigenvalue weighted by molar-refractivity contribution is -0.384. The standard InChI is InChI=1S/C19H22FN3O5S/c1-14(15-8-10-16(20)11-9-15)21-19(24)7-4-12-22(29(2,27)28)17-5-3-6-18(13-17)23(25)26/h3,5-6,8-11,13-14H,4,7,12H2,1-2H3,(H,21,24)/t14-/m0/s1. The van der Waals surface area contributed by atoms with Crippen LogP contribution in [-0.2, 0) is 14.8 Å². The van der Waals surface area contributed by atoms with Crippen molar-refractivity contribution in [2.75, 3.05) is 17.1 Å². The predicted molar refractivity (Wildman–Crippen MR) is 107 cm³/mol. The summed E-state index contributed by atoms with van der Waals surface area (Å²) < 4.78 is 38.2. The van der Waals surface area contributed by atoms with Crippen LogP contribution >= 0.6 is 0 Å². The van der Waals surface area contributed by atoms with Gasteiger partial charge in [0.2, 0.25) is 15.9 Å². The number of nitrogens with one attached hydrogen (secondary N) is 1. The summed E-state index contributed by atoms with van der Waals surface area (Å²) in [4.78, 5) is 22.5. The van der Waals surface area contributed by atoms with Crippen LogP contribution in [-0.4, -0.2) is 32.0 Å². The summed E-state index contributed by atoms with van der Waals surface area (Å²) in [7, 11) is -3.68. The van der Waals surface area contributed by atoms with Crippen LogP contribution in [0.1, 0.15) is 31.4 Å². The number of anilines is 1. The molecule has 0 unspecified atom stereocenters. The molecule has 2 rings (SSSR count). The smallest absolute Gasteiger partial charge is 0.271 e. The molecular formula is C19H22FN3O5S. The molecule has 2 aromatic carbocycles. The molecule has 1 N–H and O–H groups in total. The van der Waals surface area contributed by atoms with Gasteiger partial charge in [-0.2, -0.15) is 0 Å². The van der Waals surface area contributed by atoms with Gasteiger partial charge in [-0.3, -0.25) is 19.2 Å². The van der Waals surface area contributed by atoms with E-state index in [0.29, 0.717) is 0 Å². The normalized spacial score (nSPS) is 12.2. The van der Waals surface area contributed by atoms with Crippen molar-refractivity contribution < 1.29 is 22.5 Å². The Morgan fingerprint density at radius 2 is 1.90 bits per heavy atom. The van der Waals surface area contributed by atoms with Crippen LogP contribution < -0.4 is 9.62 Å². The molecule has 0 radical (unpaired) electrons. The molecule has 156 valence electrons. The van der Waals surface area contributed by atoms with E-state index < -0.39 is 14.9 Å². The fraction of sp³-hybridized carbons (Fsp3) is 0.316. The van der Waals surface area contributed by atoms with E-state index in [1.807, 2.05) is 0 Å².